The minimum Gasteiger partial charge on any atom is -0.383 e. The largest absolute Gasteiger partial charge is 0.383 e. The van der Waals surface area contributed by atoms with Crippen molar-refractivity contribution in [3.63, 3.8) is 0 Å². The summed E-state index contributed by atoms with van der Waals surface area (Å²) >= 11 is 0. The number of rotatable bonds is 4. The maximum atomic E-state index is 8.98. The molecule has 0 atom stereocenters. The summed E-state index contributed by atoms with van der Waals surface area (Å²) in [5, 5.41) is 21.6. The van der Waals surface area contributed by atoms with Crippen molar-refractivity contribution in [2.45, 2.75) is 13.8 Å². The highest BCUT2D eigenvalue weighted by Gasteiger charge is 2.15. The van der Waals surface area contributed by atoms with E-state index in [0.29, 0.717) is 28.2 Å². The number of allylic oxidation sites excluding steroid dienone is 1. The fourth-order valence-electron chi connectivity index (χ4n) is 3.71. The molecule has 3 N–H and O–H groups in total. The van der Waals surface area contributed by atoms with Crippen molar-refractivity contribution in [3.8, 4) is 23.3 Å². The van der Waals surface area contributed by atoms with E-state index in [1.54, 1.807) is 42.7 Å². The Balaban J connectivity index is 1.83. The van der Waals surface area contributed by atoms with Gasteiger partial charge in [0.05, 0.1) is 28.6 Å². The minimum atomic E-state index is 0.323. The molecule has 2 aromatic heterocycles. The summed E-state index contributed by atoms with van der Waals surface area (Å²) in [5.74, 6) is 0.681. The number of aromatic nitrogens is 3. The molecule has 0 aliphatic rings. The lowest BCUT2D eigenvalue weighted by atomic mass is 9.93. The number of fused-ring (bicyclic) bond motifs is 1. The Labute approximate surface area is 185 Å². The number of nitrogen functional groups attached to an aromatic ring is 1. The molecule has 0 aliphatic carbocycles. The Morgan fingerprint density at radius 2 is 1.72 bits per heavy atom. The lowest BCUT2D eigenvalue weighted by Crippen LogP contribution is -2.03. The number of hydrogen-bond donors (Lipinski definition) is 2. The Bertz CT molecular complexity index is 1420. The molecule has 7 nitrogen and oxygen atoms in total. The molecular weight excluding hydrogens is 398 g/mol. The van der Waals surface area contributed by atoms with Gasteiger partial charge in [-0.25, -0.2) is 4.98 Å². The van der Waals surface area contributed by atoms with Crippen molar-refractivity contribution in [1.82, 2.24) is 15.0 Å². The number of pyridine rings is 1. The van der Waals surface area contributed by atoms with Crippen LogP contribution < -0.4 is 11.1 Å². The third kappa shape index (κ3) is 3.96. The highest BCUT2D eigenvalue weighted by atomic mass is 15.1. The molecule has 0 spiro atoms. The molecule has 0 bridgehead atoms. The lowest BCUT2D eigenvalue weighted by molar-refractivity contribution is 1.20. The highest BCUT2D eigenvalue weighted by Crippen LogP contribution is 2.34. The summed E-state index contributed by atoms with van der Waals surface area (Å²) in [6, 6.07) is 15.2. The predicted molar refractivity (Wildman–Crippen MR) is 126 cm³/mol. The fourth-order valence-corrected chi connectivity index (χ4v) is 3.71. The van der Waals surface area contributed by atoms with E-state index in [1.807, 2.05) is 32.0 Å². The molecule has 0 saturated heterocycles. The van der Waals surface area contributed by atoms with Crippen LogP contribution in [0.3, 0.4) is 0 Å². The molecule has 154 valence electrons. The van der Waals surface area contributed by atoms with Crippen LogP contribution in [0, 0.1) is 36.5 Å². The van der Waals surface area contributed by atoms with Gasteiger partial charge >= 0.3 is 0 Å². The van der Waals surface area contributed by atoms with E-state index in [9.17, 15) is 0 Å². The quantitative estimate of drug-likeness (QED) is 0.445. The second-order valence-electron chi connectivity index (χ2n) is 7.32. The van der Waals surface area contributed by atoms with Crippen LogP contribution in [0.1, 0.15) is 22.3 Å². The number of aryl methyl sites for hydroxylation is 2. The van der Waals surface area contributed by atoms with Gasteiger partial charge in [-0.15, -0.1) is 0 Å². The second-order valence-corrected chi connectivity index (χ2v) is 7.32. The van der Waals surface area contributed by atoms with Crippen LogP contribution in [0.5, 0.6) is 0 Å². The first-order chi connectivity index (χ1) is 15.5. The van der Waals surface area contributed by atoms with Gasteiger partial charge in [-0.3, -0.25) is 4.98 Å². The summed E-state index contributed by atoms with van der Waals surface area (Å²) in [6.07, 6.45) is 6.68. The van der Waals surface area contributed by atoms with Crippen molar-refractivity contribution in [2.24, 2.45) is 0 Å². The predicted octanol–water partition coefficient (Wildman–Crippen LogP) is 5.04. The molecule has 0 radical (unpaired) electrons. The molecule has 0 fully saturated rings. The van der Waals surface area contributed by atoms with Crippen LogP contribution in [0.25, 0.3) is 28.1 Å². The smallest absolute Gasteiger partial charge is 0.229 e. The number of anilines is 3. The van der Waals surface area contributed by atoms with Gasteiger partial charge in [0, 0.05) is 29.7 Å². The van der Waals surface area contributed by atoms with Crippen molar-refractivity contribution in [2.75, 3.05) is 11.1 Å². The average Bonchev–Trinajstić information content (AvgIpc) is 2.78. The molecule has 0 unspecified atom stereocenters. The van der Waals surface area contributed by atoms with Crippen LogP contribution in [0.2, 0.25) is 0 Å². The highest BCUT2D eigenvalue weighted by molar-refractivity contribution is 5.99. The van der Waals surface area contributed by atoms with Gasteiger partial charge in [0.15, 0.2) is 0 Å². The molecule has 2 aromatic carbocycles. The van der Waals surface area contributed by atoms with Crippen LogP contribution in [-0.2, 0) is 0 Å². The number of nitrogens with one attached hydrogen (secondary N) is 1. The zero-order valence-electron chi connectivity index (χ0n) is 17.6. The van der Waals surface area contributed by atoms with Gasteiger partial charge in [0.2, 0.25) is 5.95 Å². The van der Waals surface area contributed by atoms with Crippen molar-refractivity contribution in [1.29, 1.82) is 10.5 Å². The van der Waals surface area contributed by atoms with Crippen LogP contribution in [0.4, 0.5) is 17.5 Å². The topological polar surface area (TPSA) is 124 Å². The standard InChI is InChI=1S/C25H19N7/c1-15-10-18(4-3-9-26)11-16(2)22(15)20-13-29-14-21-23(20)31-25(32-24(21)28)30-19-7-5-17(12-27)6-8-19/h3-8,10-11,13-14H,1-2H3,(H3,28,30,31,32). The van der Waals surface area contributed by atoms with E-state index >= 15 is 0 Å². The zero-order valence-corrected chi connectivity index (χ0v) is 17.6. The Morgan fingerprint density at radius 1 is 1.00 bits per heavy atom. The maximum Gasteiger partial charge on any atom is 0.229 e. The van der Waals surface area contributed by atoms with Crippen molar-refractivity contribution >= 4 is 34.4 Å². The van der Waals surface area contributed by atoms with E-state index in [1.165, 1.54) is 6.08 Å². The molecule has 0 saturated carbocycles. The number of nitrogens with two attached hydrogens (primary N) is 1. The second kappa shape index (κ2) is 8.55. The van der Waals surface area contributed by atoms with E-state index in [0.717, 1.165) is 33.5 Å². The van der Waals surface area contributed by atoms with Gasteiger partial charge in [-0.05, 0) is 66.4 Å². The van der Waals surface area contributed by atoms with Crippen molar-refractivity contribution < 1.29 is 0 Å². The number of benzene rings is 2. The molecule has 0 amide bonds. The molecule has 32 heavy (non-hydrogen) atoms. The summed E-state index contributed by atoms with van der Waals surface area (Å²) in [5.41, 5.74) is 13.2. The van der Waals surface area contributed by atoms with Crippen LogP contribution in [-0.4, -0.2) is 15.0 Å². The summed E-state index contributed by atoms with van der Waals surface area (Å²) in [6.45, 7) is 4.04. The zero-order chi connectivity index (χ0) is 22.7. The van der Waals surface area contributed by atoms with E-state index in [4.69, 9.17) is 21.2 Å². The third-order valence-corrected chi connectivity index (χ3v) is 5.08. The Kier molecular flexibility index (Phi) is 5.48. The summed E-state index contributed by atoms with van der Waals surface area (Å²) < 4.78 is 0. The van der Waals surface area contributed by atoms with Crippen LogP contribution in [0.15, 0.2) is 54.9 Å². The third-order valence-electron chi connectivity index (χ3n) is 5.08. The van der Waals surface area contributed by atoms with Gasteiger partial charge in [-0.1, -0.05) is 12.1 Å². The van der Waals surface area contributed by atoms with Gasteiger partial charge in [-0.2, -0.15) is 15.5 Å². The Morgan fingerprint density at radius 3 is 2.38 bits per heavy atom. The normalized spacial score (nSPS) is 10.8. The average molecular weight is 417 g/mol. The first kappa shape index (κ1) is 20.5. The molecule has 2 heterocycles. The fraction of sp³-hybridized carbons (Fsp3) is 0.0800. The lowest BCUT2D eigenvalue weighted by Gasteiger charge is -2.15. The molecule has 4 aromatic rings. The van der Waals surface area contributed by atoms with Gasteiger partial charge in [0.25, 0.3) is 0 Å². The van der Waals surface area contributed by atoms with E-state index in [2.05, 4.69) is 21.4 Å². The minimum absolute atomic E-state index is 0.323. The first-order valence-corrected chi connectivity index (χ1v) is 9.86. The number of nitriles is 2. The SMILES string of the molecule is Cc1cc(C=CC#N)cc(C)c1-c1cncc2c(N)nc(Nc3ccc(C#N)cc3)nc12. The summed E-state index contributed by atoms with van der Waals surface area (Å²) in [7, 11) is 0. The number of nitrogens with zero attached hydrogens (tertiary/aromatic N) is 5. The maximum absolute atomic E-state index is 8.98. The molecule has 0 aliphatic heterocycles. The molecule has 4 rings (SSSR count). The van der Waals surface area contributed by atoms with Gasteiger partial charge < -0.3 is 11.1 Å². The first-order valence-electron chi connectivity index (χ1n) is 9.86. The summed E-state index contributed by atoms with van der Waals surface area (Å²) in [4.78, 5) is 13.5. The van der Waals surface area contributed by atoms with Crippen molar-refractivity contribution in [3.05, 3.63) is 77.1 Å². The van der Waals surface area contributed by atoms with Crippen LogP contribution >= 0.6 is 0 Å². The van der Waals surface area contributed by atoms with Gasteiger partial charge in [0.1, 0.15) is 5.82 Å². The Hall–Kier alpha value is -4.75. The number of hydrogen-bond acceptors (Lipinski definition) is 7. The molecular formula is C25H19N7. The van der Waals surface area contributed by atoms with E-state index < -0.39 is 0 Å². The van der Waals surface area contributed by atoms with E-state index in [-0.39, 0.29) is 0 Å². The molecule has 7 heteroatoms. The monoisotopic (exact) mass is 417 g/mol.